The lowest BCUT2D eigenvalue weighted by Crippen LogP contribution is -1.83. The van der Waals surface area contributed by atoms with E-state index >= 15 is 0 Å². The summed E-state index contributed by atoms with van der Waals surface area (Å²) < 4.78 is 0. The van der Waals surface area contributed by atoms with Gasteiger partial charge in [-0.15, -0.1) is 23.5 Å². The van der Waals surface area contributed by atoms with Crippen molar-refractivity contribution in [2.45, 2.75) is 38.5 Å². The fourth-order valence-electron chi connectivity index (χ4n) is 1.45. The van der Waals surface area contributed by atoms with Gasteiger partial charge in [0.05, 0.1) is 0 Å². The van der Waals surface area contributed by atoms with Gasteiger partial charge in [-0.25, -0.2) is 0 Å². The Morgan fingerprint density at radius 1 is 0.556 bits per heavy atom. The minimum Gasteiger partial charge on any atom is -0.134 e. The van der Waals surface area contributed by atoms with Crippen molar-refractivity contribution in [2.24, 2.45) is 0 Å². The fraction of sp³-hybridized carbons (Fsp3) is 0.714. The summed E-state index contributed by atoms with van der Waals surface area (Å²) in [5.74, 6) is 4.93. The highest BCUT2D eigenvalue weighted by atomic mass is 32.2. The lowest BCUT2D eigenvalue weighted by molar-refractivity contribution is 0.787. The van der Waals surface area contributed by atoms with Gasteiger partial charge in [0.25, 0.3) is 0 Å². The maximum absolute atomic E-state index is 3.20. The van der Waals surface area contributed by atoms with Gasteiger partial charge >= 0.3 is 0 Å². The van der Waals surface area contributed by atoms with Crippen molar-refractivity contribution in [3.63, 3.8) is 0 Å². The highest BCUT2D eigenvalue weighted by Crippen LogP contribution is 2.15. The summed E-state index contributed by atoms with van der Waals surface area (Å²) in [4.78, 5) is 0. The molecule has 0 unspecified atom stereocenters. The van der Waals surface area contributed by atoms with E-state index in [0.717, 1.165) is 0 Å². The molecule has 0 radical (unpaired) electrons. The van der Waals surface area contributed by atoms with Crippen LogP contribution in [0.5, 0.6) is 0 Å². The van der Waals surface area contributed by atoms with E-state index in [-0.39, 0.29) is 0 Å². The second-order valence-electron chi connectivity index (χ2n) is 4.04. The molecule has 4 heteroatoms. The molecule has 0 aromatic rings. The zero-order valence-electron chi connectivity index (χ0n) is 10.9. The molecule has 0 saturated heterocycles. The molecule has 1 aliphatic heterocycles. The molecule has 0 amide bonds. The number of thioether (sulfide) groups is 4. The average molecular weight is 319 g/mol. The van der Waals surface area contributed by atoms with Crippen molar-refractivity contribution in [1.29, 1.82) is 0 Å². The van der Waals surface area contributed by atoms with Crippen LogP contribution in [0.4, 0.5) is 0 Å². The van der Waals surface area contributed by atoms with Crippen molar-refractivity contribution in [1.82, 2.24) is 0 Å². The third-order valence-corrected chi connectivity index (χ3v) is 5.94. The number of rotatable bonds is 0. The lowest BCUT2D eigenvalue weighted by atomic mass is 10.3. The van der Waals surface area contributed by atoms with Crippen LogP contribution in [0.2, 0.25) is 0 Å². The van der Waals surface area contributed by atoms with Gasteiger partial charge in [-0.2, -0.15) is 0 Å². The minimum absolute atomic E-state index is 1.20. The van der Waals surface area contributed by atoms with Crippen molar-refractivity contribution >= 4 is 47.0 Å². The molecule has 0 nitrogen and oxygen atoms in total. The molecule has 0 aromatic heterocycles. The SMILES string of the molecule is C1#CSCCCCCS/C=C\SCCCCCS1. The first-order chi connectivity index (χ1) is 9.00. The zero-order chi connectivity index (χ0) is 12.7. The smallest absolute Gasteiger partial charge is 0.00570 e. The van der Waals surface area contributed by atoms with Crippen LogP contribution < -0.4 is 0 Å². The van der Waals surface area contributed by atoms with Crippen LogP contribution in [0, 0.1) is 10.5 Å². The minimum atomic E-state index is 1.20. The second-order valence-corrected chi connectivity index (χ2v) is 7.87. The first-order valence-electron chi connectivity index (χ1n) is 6.62. The van der Waals surface area contributed by atoms with Crippen LogP contribution in [0.25, 0.3) is 0 Å². The monoisotopic (exact) mass is 318 g/mol. The molecule has 0 atom stereocenters. The van der Waals surface area contributed by atoms with Crippen LogP contribution >= 0.6 is 47.0 Å². The third kappa shape index (κ3) is 11.8. The van der Waals surface area contributed by atoms with Crippen LogP contribution in [0.1, 0.15) is 38.5 Å². The predicted octanol–water partition coefficient (Wildman–Crippen LogP) is 5.66. The molecule has 0 aromatic carbocycles. The van der Waals surface area contributed by atoms with E-state index in [1.165, 1.54) is 61.5 Å². The van der Waals surface area contributed by atoms with Crippen molar-refractivity contribution in [3.8, 4) is 10.5 Å². The summed E-state index contributed by atoms with van der Waals surface area (Å²) in [7, 11) is 0. The first kappa shape index (κ1) is 16.8. The molecule has 0 aliphatic carbocycles. The molecule has 0 saturated carbocycles. The van der Waals surface area contributed by atoms with Crippen molar-refractivity contribution in [2.75, 3.05) is 23.0 Å². The second kappa shape index (κ2) is 14.1. The molecule has 0 fully saturated rings. The largest absolute Gasteiger partial charge is 0.134 e. The van der Waals surface area contributed by atoms with Crippen LogP contribution in [-0.4, -0.2) is 23.0 Å². The summed E-state index contributed by atoms with van der Waals surface area (Å²) in [5.41, 5.74) is 0. The maximum atomic E-state index is 3.20. The van der Waals surface area contributed by atoms with Gasteiger partial charge in [0.2, 0.25) is 0 Å². The van der Waals surface area contributed by atoms with E-state index < -0.39 is 0 Å². The average Bonchev–Trinajstić information content (AvgIpc) is 2.39. The summed E-state index contributed by atoms with van der Waals surface area (Å²) in [6, 6.07) is 0. The highest BCUT2D eigenvalue weighted by Gasteiger charge is 1.92. The molecular formula is C14H22S4. The van der Waals surface area contributed by atoms with Crippen LogP contribution in [0.3, 0.4) is 0 Å². The van der Waals surface area contributed by atoms with Gasteiger partial charge in [0, 0.05) is 11.5 Å². The van der Waals surface area contributed by atoms with Crippen molar-refractivity contribution < 1.29 is 0 Å². The van der Waals surface area contributed by atoms with E-state index in [0.29, 0.717) is 0 Å². The Morgan fingerprint density at radius 3 is 1.50 bits per heavy atom. The summed E-state index contributed by atoms with van der Waals surface area (Å²) in [5, 5.41) is 10.9. The molecule has 1 heterocycles. The lowest BCUT2D eigenvalue weighted by Gasteiger charge is -1.99. The quantitative estimate of drug-likeness (QED) is 0.528. The Balaban J connectivity index is 2.14. The number of hydrogen-bond acceptors (Lipinski definition) is 4. The molecule has 0 spiro atoms. The van der Waals surface area contributed by atoms with Gasteiger partial charge in [-0.1, -0.05) is 36.4 Å². The third-order valence-electron chi connectivity index (χ3n) is 2.45. The molecule has 1 rings (SSSR count). The maximum Gasteiger partial charge on any atom is 0.00570 e. The highest BCUT2D eigenvalue weighted by molar-refractivity contribution is 8.07. The molecule has 0 N–H and O–H groups in total. The summed E-state index contributed by atoms with van der Waals surface area (Å²) >= 11 is 7.49. The normalized spacial score (nSPS) is 23.1. The topological polar surface area (TPSA) is 0 Å². The van der Waals surface area contributed by atoms with Gasteiger partial charge < -0.3 is 0 Å². The van der Waals surface area contributed by atoms with Gasteiger partial charge in [-0.05, 0) is 58.5 Å². The van der Waals surface area contributed by atoms with E-state index in [4.69, 9.17) is 0 Å². The predicted molar refractivity (Wildman–Crippen MR) is 94.5 cm³/mol. The van der Waals surface area contributed by atoms with E-state index in [1.54, 1.807) is 23.5 Å². The molecule has 0 bridgehead atoms. The standard InChI is InChI=1S/C14H22S4/c1-3-7-15-11-13-17-9-5-2-6-10-18-14-12-16-8-4-1/h11,13H,1-10H2/b13-11-. The zero-order valence-corrected chi connectivity index (χ0v) is 14.1. The fourth-order valence-corrected chi connectivity index (χ4v) is 4.46. The Morgan fingerprint density at radius 2 is 1.00 bits per heavy atom. The van der Waals surface area contributed by atoms with E-state index in [1.807, 2.05) is 23.5 Å². The summed E-state index contributed by atoms with van der Waals surface area (Å²) in [6.45, 7) is 0. The Labute approximate surface area is 129 Å². The van der Waals surface area contributed by atoms with E-state index in [9.17, 15) is 0 Å². The van der Waals surface area contributed by atoms with Crippen LogP contribution in [-0.2, 0) is 0 Å². The molecule has 1 aliphatic rings. The molecule has 102 valence electrons. The Hall–Kier alpha value is 0.700. The van der Waals surface area contributed by atoms with Gasteiger partial charge in [-0.3, -0.25) is 0 Å². The summed E-state index contributed by atoms with van der Waals surface area (Å²) in [6.07, 6.45) is 7.97. The molecule has 18 heavy (non-hydrogen) atoms. The first-order valence-corrected chi connectivity index (χ1v) is 10.7. The van der Waals surface area contributed by atoms with E-state index in [2.05, 4.69) is 21.3 Å². The van der Waals surface area contributed by atoms with Crippen molar-refractivity contribution in [3.05, 3.63) is 10.8 Å². The van der Waals surface area contributed by atoms with Crippen LogP contribution in [0.15, 0.2) is 10.8 Å². The Kier molecular flexibility index (Phi) is 13.1. The number of hydrogen-bond donors (Lipinski definition) is 0. The molecular weight excluding hydrogens is 296 g/mol. The van der Waals surface area contributed by atoms with Gasteiger partial charge in [0.15, 0.2) is 0 Å². The van der Waals surface area contributed by atoms with Gasteiger partial charge in [0.1, 0.15) is 0 Å². The Bertz CT molecular complexity index is 241.